The second-order valence-corrected chi connectivity index (χ2v) is 4.83. The minimum Gasteiger partial charge on any atom is -0.493 e. The first-order valence-electron chi connectivity index (χ1n) is 6.70. The van der Waals surface area contributed by atoms with E-state index in [0.717, 1.165) is 31.6 Å². The maximum Gasteiger partial charge on any atom is 0.126 e. The lowest BCUT2D eigenvalue weighted by Crippen LogP contribution is -2.31. The molecule has 0 spiro atoms. The van der Waals surface area contributed by atoms with E-state index in [4.69, 9.17) is 11.2 Å². The van der Waals surface area contributed by atoms with Crippen molar-refractivity contribution in [2.24, 2.45) is 0 Å². The zero-order valence-corrected chi connectivity index (χ0v) is 11.2. The van der Waals surface area contributed by atoms with Gasteiger partial charge in [0.2, 0.25) is 0 Å². The third-order valence-electron chi connectivity index (χ3n) is 3.51. The first-order chi connectivity index (χ1) is 8.76. The van der Waals surface area contributed by atoms with Crippen LogP contribution >= 0.6 is 0 Å². The average molecular weight is 243 g/mol. The number of fused-ring (bicyclic) bond motifs is 1. The van der Waals surface area contributed by atoms with E-state index in [-0.39, 0.29) is 6.04 Å². The lowest BCUT2D eigenvalue weighted by Gasteiger charge is -2.22. The minimum absolute atomic E-state index is 0.140. The molecule has 1 aliphatic heterocycles. The Balaban J connectivity index is 2.28. The molecule has 1 aliphatic rings. The van der Waals surface area contributed by atoms with Crippen LogP contribution < -0.4 is 10.1 Å². The van der Waals surface area contributed by atoms with Gasteiger partial charge in [-0.05, 0) is 31.7 Å². The molecule has 1 N–H and O–H groups in total. The van der Waals surface area contributed by atoms with E-state index in [1.807, 2.05) is 0 Å². The quantitative estimate of drug-likeness (QED) is 0.823. The number of terminal acetylenes is 1. The van der Waals surface area contributed by atoms with Crippen LogP contribution in [0.3, 0.4) is 0 Å². The first kappa shape index (κ1) is 13.0. The largest absolute Gasteiger partial charge is 0.493 e. The summed E-state index contributed by atoms with van der Waals surface area (Å²) in [6.45, 7) is 5.00. The standard InChI is InChI=1S/C16H21NO/c1-4-13(5-2)17-15-10-7-11-18-16-12(3)8-6-9-14(15)16/h1,6,8-9,13,15,17H,5,7,10-11H2,2-3H3. The lowest BCUT2D eigenvalue weighted by atomic mass is 9.98. The molecule has 2 heteroatoms. The Hall–Kier alpha value is -1.46. The summed E-state index contributed by atoms with van der Waals surface area (Å²) in [7, 11) is 0. The number of rotatable bonds is 3. The van der Waals surface area contributed by atoms with E-state index in [2.05, 4.69) is 43.3 Å². The number of para-hydroxylation sites is 1. The molecule has 0 aromatic heterocycles. The molecule has 96 valence electrons. The molecule has 1 aromatic carbocycles. The summed E-state index contributed by atoms with van der Waals surface area (Å²) in [6, 6.07) is 6.78. The molecule has 2 nitrogen and oxygen atoms in total. The summed E-state index contributed by atoms with van der Waals surface area (Å²) in [5, 5.41) is 3.56. The minimum atomic E-state index is 0.140. The Kier molecular flexibility index (Phi) is 4.28. The molecule has 0 radical (unpaired) electrons. The summed E-state index contributed by atoms with van der Waals surface area (Å²) >= 11 is 0. The van der Waals surface area contributed by atoms with Gasteiger partial charge < -0.3 is 4.74 Å². The van der Waals surface area contributed by atoms with Gasteiger partial charge in [0.05, 0.1) is 12.6 Å². The highest BCUT2D eigenvalue weighted by Gasteiger charge is 2.22. The summed E-state index contributed by atoms with van der Waals surface area (Å²) < 4.78 is 5.87. The zero-order valence-electron chi connectivity index (χ0n) is 11.2. The van der Waals surface area contributed by atoms with Crippen molar-refractivity contribution in [3.8, 4) is 18.1 Å². The van der Waals surface area contributed by atoms with Gasteiger partial charge in [-0.2, -0.15) is 0 Å². The van der Waals surface area contributed by atoms with Crippen LogP contribution in [0.15, 0.2) is 18.2 Å². The third-order valence-corrected chi connectivity index (χ3v) is 3.51. The number of nitrogens with one attached hydrogen (secondary N) is 1. The van der Waals surface area contributed by atoms with Crippen molar-refractivity contribution in [3.05, 3.63) is 29.3 Å². The van der Waals surface area contributed by atoms with Gasteiger partial charge in [-0.15, -0.1) is 6.42 Å². The predicted octanol–water partition coefficient (Wildman–Crippen LogP) is 3.21. The number of hydrogen-bond donors (Lipinski definition) is 1. The Morgan fingerprint density at radius 2 is 2.39 bits per heavy atom. The molecule has 0 fully saturated rings. The summed E-state index contributed by atoms with van der Waals surface area (Å²) in [4.78, 5) is 0. The van der Waals surface area contributed by atoms with Gasteiger partial charge in [0, 0.05) is 11.6 Å². The lowest BCUT2D eigenvalue weighted by molar-refractivity contribution is 0.313. The maximum atomic E-state index is 5.87. The van der Waals surface area contributed by atoms with Crippen LogP contribution in [0, 0.1) is 19.3 Å². The van der Waals surface area contributed by atoms with Crippen LogP contribution in [0.2, 0.25) is 0 Å². The van der Waals surface area contributed by atoms with Crippen molar-refractivity contribution in [2.45, 2.75) is 45.2 Å². The summed E-state index contributed by atoms with van der Waals surface area (Å²) in [6.07, 6.45) is 8.64. The van der Waals surface area contributed by atoms with Gasteiger partial charge in [-0.1, -0.05) is 31.0 Å². The number of aryl methyl sites for hydroxylation is 1. The molecule has 0 amide bonds. The topological polar surface area (TPSA) is 21.3 Å². The van der Waals surface area contributed by atoms with Gasteiger partial charge in [0.1, 0.15) is 5.75 Å². The van der Waals surface area contributed by atoms with E-state index in [0.29, 0.717) is 6.04 Å². The molecular weight excluding hydrogens is 222 g/mol. The molecule has 1 heterocycles. The van der Waals surface area contributed by atoms with Crippen molar-refractivity contribution in [3.63, 3.8) is 0 Å². The van der Waals surface area contributed by atoms with Crippen LogP contribution in [0.4, 0.5) is 0 Å². The van der Waals surface area contributed by atoms with Gasteiger partial charge >= 0.3 is 0 Å². The monoisotopic (exact) mass is 243 g/mol. The van der Waals surface area contributed by atoms with E-state index >= 15 is 0 Å². The SMILES string of the molecule is C#CC(CC)NC1CCCOc2c(C)cccc21. The van der Waals surface area contributed by atoms with Crippen LogP contribution in [0.1, 0.15) is 43.4 Å². The Morgan fingerprint density at radius 1 is 1.56 bits per heavy atom. The van der Waals surface area contributed by atoms with Crippen LogP contribution in [0.5, 0.6) is 5.75 Å². The zero-order chi connectivity index (χ0) is 13.0. The Morgan fingerprint density at radius 3 is 3.11 bits per heavy atom. The summed E-state index contributed by atoms with van der Waals surface area (Å²) in [5.41, 5.74) is 2.45. The van der Waals surface area contributed by atoms with E-state index < -0.39 is 0 Å². The molecule has 0 aliphatic carbocycles. The highest BCUT2D eigenvalue weighted by atomic mass is 16.5. The molecule has 0 saturated heterocycles. The predicted molar refractivity (Wildman–Crippen MR) is 74.7 cm³/mol. The maximum absolute atomic E-state index is 5.87. The van der Waals surface area contributed by atoms with E-state index in [1.165, 1.54) is 11.1 Å². The van der Waals surface area contributed by atoms with E-state index in [9.17, 15) is 0 Å². The normalized spacial score (nSPS) is 20.2. The Labute approximate surface area is 110 Å². The van der Waals surface area contributed by atoms with E-state index in [1.54, 1.807) is 0 Å². The second kappa shape index (κ2) is 5.93. The number of ether oxygens (including phenoxy) is 1. The van der Waals surface area contributed by atoms with Gasteiger partial charge in [-0.3, -0.25) is 5.32 Å². The summed E-state index contributed by atoms with van der Waals surface area (Å²) in [5.74, 6) is 3.85. The van der Waals surface area contributed by atoms with Gasteiger partial charge in [0.25, 0.3) is 0 Å². The van der Waals surface area contributed by atoms with Crippen LogP contribution in [-0.4, -0.2) is 12.6 Å². The Bertz CT molecular complexity index is 447. The van der Waals surface area contributed by atoms with Gasteiger partial charge in [-0.25, -0.2) is 0 Å². The molecule has 0 saturated carbocycles. The second-order valence-electron chi connectivity index (χ2n) is 4.83. The van der Waals surface area contributed by atoms with Gasteiger partial charge in [0.15, 0.2) is 0 Å². The fraction of sp³-hybridized carbons (Fsp3) is 0.500. The first-order valence-corrected chi connectivity index (χ1v) is 6.70. The molecule has 2 atom stereocenters. The number of hydrogen-bond acceptors (Lipinski definition) is 2. The van der Waals surface area contributed by atoms with Crippen molar-refractivity contribution in [1.82, 2.24) is 5.32 Å². The molecule has 1 aromatic rings. The fourth-order valence-electron chi connectivity index (χ4n) is 2.46. The molecule has 2 unspecified atom stereocenters. The molecular formula is C16H21NO. The van der Waals surface area contributed by atoms with Crippen LogP contribution in [0.25, 0.3) is 0 Å². The van der Waals surface area contributed by atoms with Crippen molar-refractivity contribution in [1.29, 1.82) is 0 Å². The fourth-order valence-corrected chi connectivity index (χ4v) is 2.46. The van der Waals surface area contributed by atoms with Crippen molar-refractivity contribution < 1.29 is 4.74 Å². The van der Waals surface area contributed by atoms with Crippen LogP contribution in [-0.2, 0) is 0 Å². The molecule has 0 bridgehead atoms. The van der Waals surface area contributed by atoms with Crippen molar-refractivity contribution >= 4 is 0 Å². The van der Waals surface area contributed by atoms with Crippen molar-refractivity contribution in [2.75, 3.05) is 6.61 Å². The smallest absolute Gasteiger partial charge is 0.126 e. The molecule has 2 rings (SSSR count). The highest BCUT2D eigenvalue weighted by molar-refractivity contribution is 5.43. The average Bonchev–Trinajstić information content (AvgIpc) is 2.59. The molecule has 18 heavy (non-hydrogen) atoms. The number of benzene rings is 1. The highest BCUT2D eigenvalue weighted by Crippen LogP contribution is 2.34. The third kappa shape index (κ3) is 2.68.